The van der Waals surface area contributed by atoms with Gasteiger partial charge in [0.1, 0.15) is 6.20 Å². The highest BCUT2D eigenvalue weighted by Gasteiger charge is 2.15. The third kappa shape index (κ3) is 3.66. The van der Waals surface area contributed by atoms with E-state index < -0.39 is 10.9 Å². The van der Waals surface area contributed by atoms with Gasteiger partial charge in [-0.2, -0.15) is 4.98 Å². The van der Waals surface area contributed by atoms with E-state index in [0.717, 1.165) is 6.20 Å². The summed E-state index contributed by atoms with van der Waals surface area (Å²) in [7, 11) is 1.53. The number of carboxylic acid groups (broad SMARTS) is 1. The molecule has 0 fully saturated rings. The van der Waals surface area contributed by atoms with Gasteiger partial charge in [0, 0.05) is 12.7 Å². The second kappa shape index (κ2) is 6.48. The summed E-state index contributed by atoms with van der Waals surface area (Å²) >= 11 is 0. The monoisotopic (exact) mass is 303 g/mol. The number of aromatic nitrogens is 2. The summed E-state index contributed by atoms with van der Waals surface area (Å²) in [5, 5.41) is 25.0. The molecule has 22 heavy (non-hydrogen) atoms. The molecular weight excluding hydrogens is 290 g/mol. The lowest BCUT2D eigenvalue weighted by Gasteiger charge is -2.07. The summed E-state index contributed by atoms with van der Waals surface area (Å²) in [4.78, 5) is 28.7. The van der Waals surface area contributed by atoms with Crippen molar-refractivity contribution in [3.8, 4) is 0 Å². The van der Waals surface area contributed by atoms with Crippen molar-refractivity contribution >= 4 is 29.1 Å². The first kappa shape index (κ1) is 15.2. The molecule has 0 saturated heterocycles. The predicted molar refractivity (Wildman–Crippen MR) is 79.3 cm³/mol. The Morgan fingerprint density at radius 1 is 1.36 bits per heavy atom. The minimum atomic E-state index is -0.905. The quantitative estimate of drug-likeness (QED) is 0.544. The topological polar surface area (TPSA) is 130 Å². The lowest BCUT2D eigenvalue weighted by Crippen LogP contribution is -2.04. The Hall–Kier alpha value is -3.23. The maximum atomic E-state index is 10.8. The summed E-state index contributed by atoms with van der Waals surface area (Å²) in [5.41, 5.74) is 1.09. The van der Waals surface area contributed by atoms with Crippen molar-refractivity contribution in [2.24, 2.45) is 0 Å². The zero-order valence-electron chi connectivity index (χ0n) is 11.6. The Balaban J connectivity index is 2.16. The number of rotatable bonds is 6. The molecule has 9 nitrogen and oxygen atoms in total. The fourth-order valence-corrected chi connectivity index (χ4v) is 1.76. The number of nitro groups is 1. The largest absolute Gasteiger partial charge is 0.481 e. The molecule has 0 amide bonds. The molecule has 114 valence electrons. The summed E-state index contributed by atoms with van der Waals surface area (Å²) in [6.45, 7) is 0. The van der Waals surface area contributed by atoms with Crippen LogP contribution in [-0.2, 0) is 11.2 Å². The highest BCUT2D eigenvalue weighted by atomic mass is 16.6. The molecule has 9 heteroatoms. The van der Waals surface area contributed by atoms with Gasteiger partial charge < -0.3 is 15.7 Å². The normalized spacial score (nSPS) is 10.0. The minimum Gasteiger partial charge on any atom is -0.481 e. The maximum absolute atomic E-state index is 10.8. The van der Waals surface area contributed by atoms with Gasteiger partial charge in [-0.25, -0.2) is 4.98 Å². The molecular formula is C13H13N5O4. The number of anilines is 3. The van der Waals surface area contributed by atoms with Crippen LogP contribution in [0.2, 0.25) is 0 Å². The van der Waals surface area contributed by atoms with Crippen molar-refractivity contribution in [2.45, 2.75) is 6.42 Å². The second-order valence-electron chi connectivity index (χ2n) is 4.33. The highest BCUT2D eigenvalue weighted by molar-refractivity contribution is 5.70. The third-order valence-electron chi connectivity index (χ3n) is 2.77. The number of nitrogens with one attached hydrogen (secondary N) is 2. The smallest absolute Gasteiger partial charge is 0.329 e. The Bertz CT molecular complexity index is 702. The number of aliphatic carboxylic acids is 1. The molecule has 2 aromatic rings. The van der Waals surface area contributed by atoms with E-state index in [-0.39, 0.29) is 23.9 Å². The molecule has 3 N–H and O–H groups in total. The van der Waals surface area contributed by atoms with Crippen LogP contribution in [0, 0.1) is 10.1 Å². The summed E-state index contributed by atoms with van der Waals surface area (Å²) in [6.07, 6.45) is 1.05. The first-order valence-electron chi connectivity index (χ1n) is 6.26. The Morgan fingerprint density at radius 2 is 2.05 bits per heavy atom. The van der Waals surface area contributed by atoms with Gasteiger partial charge in [0.15, 0.2) is 0 Å². The summed E-state index contributed by atoms with van der Waals surface area (Å²) in [6, 6.07) is 6.70. The molecule has 0 spiro atoms. The van der Waals surface area contributed by atoms with Gasteiger partial charge in [-0.1, -0.05) is 12.1 Å². The Labute approximate surface area is 125 Å². The van der Waals surface area contributed by atoms with Gasteiger partial charge >= 0.3 is 11.7 Å². The maximum Gasteiger partial charge on any atom is 0.329 e. The first-order valence-corrected chi connectivity index (χ1v) is 6.26. The van der Waals surface area contributed by atoms with E-state index in [1.165, 1.54) is 7.05 Å². The van der Waals surface area contributed by atoms with Crippen molar-refractivity contribution < 1.29 is 14.8 Å². The van der Waals surface area contributed by atoms with Crippen LogP contribution in [0.5, 0.6) is 0 Å². The SMILES string of the molecule is CNc1nc(Nc2ccc(CC(=O)O)cc2)ncc1[N+](=O)[O-]. The highest BCUT2D eigenvalue weighted by Crippen LogP contribution is 2.23. The Morgan fingerprint density at radius 3 is 2.59 bits per heavy atom. The molecule has 0 bridgehead atoms. The molecule has 0 radical (unpaired) electrons. The van der Waals surface area contributed by atoms with Gasteiger partial charge in [0.25, 0.3) is 0 Å². The number of benzene rings is 1. The summed E-state index contributed by atoms with van der Waals surface area (Å²) < 4.78 is 0. The number of carbonyl (C=O) groups is 1. The zero-order chi connectivity index (χ0) is 16.1. The first-order chi connectivity index (χ1) is 10.5. The van der Waals surface area contributed by atoms with E-state index in [2.05, 4.69) is 20.6 Å². The van der Waals surface area contributed by atoms with E-state index in [4.69, 9.17) is 5.11 Å². The van der Waals surface area contributed by atoms with Crippen LogP contribution in [0.4, 0.5) is 23.1 Å². The van der Waals surface area contributed by atoms with Gasteiger partial charge in [-0.3, -0.25) is 14.9 Å². The Kier molecular flexibility index (Phi) is 4.47. The van der Waals surface area contributed by atoms with Crippen LogP contribution in [0.3, 0.4) is 0 Å². The lowest BCUT2D eigenvalue weighted by molar-refractivity contribution is -0.384. The van der Waals surface area contributed by atoms with E-state index in [9.17, 15) is 14.9 Å². The molecule has 0 saturated carbocycles. The van der Waals surface area contributed by atoms with E-state index in [1.807, 2.05) is 0 Å². The predicted octanol–water partition coefficient (Wildman–Crippen LogP) is 1.80. The molecule has 0 aliphatic carbocycles. The van der Waals surface area contributed by atoms with Crippen molar-refractivity contribution in [3.05, 3.63) is 46.1 Å². The standard InChI is InChI=1S/C13H13N5O4/c1-14-12-10(18(21)22)7-15-13(17-12)16-9-4-2-8(3-5-9)6-11(19)20/h2-5,7H,6H2,1H3,(H,19,20)(H2,14,15,16,17). The van der Waals surface area contributed by atoms with Crippen molar-refractivity contribution in [1.82, 2.24) is 9.97 Å². The van der Waals surface area contributed by atoms with Crippen LogP contribution in [0.15, 0.2) is 30.5 Å². The molecule has 0 unspecified atom stereocenters. The summed E-state index contributed by atoms with van der Waals surface area (Å²) in [5.74, 6) is -0.607. The van der Waals surface area contributed by atoms with Crippen LogP contribution >= 0.6 is 0 Å². The minimum absolute atomic E-state index is 0.0573. The van der Waals surface area contributed by atoms with E-state index in [0.29, 0.717) is 11.3 Å². The fourth-order valence-electron chi connectivity index (χ4n) is 1.76. The second-order valence-corrected chi connectivity index (χ2v) is 4.33. The fraction of sp³-hybridized carbons (Fsp3) is 0.154. The van der Waals surface area contributed by atoms with Gasteiger partial charge in [0.2, 0.25) is 11.8 Å². The molecule has 1 aromatic carbocycles. The van der Waals surface area contributed by atoms with Crippen molar-refractivity contribution in [1.29, 1.82) is 0 Å². The molecule has 1 aromatic heterocycles. The van der Waals surface area contributed by atoms with Crippen LogP contribution in [-0.4, -0.2) is 33.0 Å². The number of hydrogen-bond donors (Lipinski definition) is 3. The van der Waals surface area contributed by atoms with Crippen LogP contribution in [0.25, 0.3) is 0 Å². The lowest BCUT2D eigenvalue weighted by atomic mass is 10.1. The van der Waals surface area contributed by atoms with E-state index in [1.54, 1.807) is 24.3 Å². The average molecular weight is 303 g/mol. The number of carboxylic acids is 1. The molecule has 0 aliphatic heterocycles. The van der Waals surface area contributed by atoms with Crippen molar-refractivity contribution in [2.75, 3.05) is 17.7 Å². The zero-order valence-corrected chi connectivity index (χ0v) is 11.6. The molecule has 1 heterocycles. The van der Waals surface area contributed by atoms with Crippen LogP contribution in [0.1, 0.15) is 5.56 Å². The number of nitrogens with zero attached hydrogens (tertiary/aromatic N) is 3. The number of hydrogen-bond acceptors (Lipinski definition) is 7. The van der Waals surface area contributed by atoms with E-state index >= 15 is 0 Å². The third-order valence-corrected chi connectivity index (χ3v) is 2.77. The van der Waals surface area contributed by atoms with Gasteiger partial charge in [0.05, 0.1) is 11.3 Å². The molecule has 0 aliphatic rings. The molecule has 0 atom stereocenters. The average Bonchev–Trinajstić information content (AvgIpc) is 2.48. The van der Waals surface area contributed by atoms with Crippen molar-refractivity contribution in [3.63, 3.8) is 0 Å². The molecule has 2 rings (SSSR count). The van der Waals surface area contributed by atoms with Crippen LogP contribution < -0.4 is 10.6 Å². The van der Waals surface area contributed by atoms with Gasteiger partial charge in [-0.05, 0) is 17.7 Å². The van der Waals surface area contributed by atoms with Gasteiger partial charge in [-0.15, -0.1) is 0 Å².